The molecule has 0 radical (unpaired) electrons. The van der Waals surface area contributed by atoms with Gasteiger partial charge in [0.1, 0.15) is 11.7 Å². The Kier molecular flexibility index (Phi) is 8.70. The largest absolute Gasteiger partial charge is 0.359 e. The number of ether oxygens (including phenoxy) is 1. The average Bonchev–Trinajstić information content (AvgIpc) is 3.66. The van der Waals surface area contributed by atoms with Gasteiger partial charge in [-0.2, -0.15) is 15.2 Å². The Morgan fingerprint density at radius 1 is 1.10 bits per heavy atom. The fraction of sp³-hybridized carbons (Fsp3) is 0.536. The molecule has 0 spiro atoms. The van der Waals surface area contributed by atoms with Crippen molar-refractivity contribution in [2.75, 3.05) is 27.2 Å². The van der Waals surface area contributed by atoms with Crippen LogP contribution in [0.15, 0.2) is 41.8 Å². The highest BCUT2D eigenvalue weighted by atomic mass is 32.1. The van der Waals surface area contributed by atoms with E-state index < -0.39 is 8.07 Å². The van der Waals surface area contributed by atoms with E-state index in [-0.39, 0.29) is 0 Å². The van der Waals surface area contributed by atoms with Gasteiger partial charge in [-0.3, -0.25) is 9.67 Å². The molecule has 11 heteroatoms. The van der Waals surface area contributed by atoms with Crippen molar-refractivity contribution in [2.24, 2.45) is 4.99 Å². The number of hydrogen-bond donors (Lipinski definition) is 0. The van der Waals surface area contributed by atoms with Crippen molar-refractivity contribution < 1.29 is 4.74 Å². The third kappa shape index (κ3) is 7.47. The van der Waals surface area contributed by atoms with Crippen LogP contribution in [-0.2, 0) is 18.0 Å². The summed E-state index contributed by atoms with van der Waals surface area (Å²) in [6.45, 7) is 10.1. The molecule has 0 unspecified atom stereocenters. The lowest BCUT2D eigenvalue weighted by molar-refractivity contribution is 0.0757. The van der Waals surface area contributed by atoms with Gasteiger partial charge < -0.3 is 9.64 Å². The summed E-state index contributed by atoms with van der Waals surface area (Å²) in [6.07, 6.45) is 10.8. The molecular formula is C28H40N8OSSi. The molecule has 4 aromatic heterocycles. The van der Waals surface area contributed by atoms with Crippen molar-refractivity contribution in [1.82, 2.24) is 34.4 Å². The highest BCUT2D eigenvalue weighted by Crippen LogP contribution is 2.34. The first-order chi connectivity index (χ1) is 18.7. The predicted molar refractivity (Wildman–Crippen MR) is 160 cm³/mol. The van der Waals surface area contributed by atoms with Crippen molar-refractivity contribution in [3.63, 3.8) is 0 Å². The summed E-state index contributed by atoms with van der Waals surface area (Å²) in [5, 5.41) is 10.6. The monoisotopic (exact) mass is 564 g/mol. The lowest BCUT2D eigenvalue weighted by Crippen LogP contribution is -2.24. The van der Waals surface area contributed by atoms with Crippen molar-refractivity contribution in [3.8, 4) is 11.1 Å². The van der Waals surface area contributed by atoms with E-state index in [1.54, 1.807) is 11.3 Å². The maximum atomic E-state index is 6.06. The number of likely N-dealkylation sites (N-methyl/N-ethyl adjacent to an activating group) is 1. The fourth-order valence-electron chi connectivity index (χ4n) is 4.61. The third-order valence-electron chi connectivity index (χ3n) is 7.03. The van der Waals surface area contributed by atoms with Gasteiger partial charge in [-0.05, 0) is 51.2 Å². The van der Waals surface area contributed by atoms with Crippen LogP contribution in [0.5, 0.6) is 0 Å². The molecule has 4 heterocycles. The molecule has 0 saturated heterocycles. The number of pyridine rings is 2. The van der Waals surface area contributed by atoms with Gasteiger partial charge in [0.2, 0.25) is 4.80 Å². The Labute approximate surface area is 235 Å². The Balaban J connectivity index is 1.41. The van der Waals surface area contributed by atoms with Crippen molar-refractivity contribution in [1.29, 1.82) is 0 Å². The number of hydrogen-bond acceptors (Lipinski definition) is 8. The summed E-state index contributed by atoms with van der Waals surface area (Å²) < 4.78 is 9.95. The molecule has 5 rings (SSSR count). The van der Waals surface area contributed by atoms with Gasteiger partial charge >= 0.3 is 0 Å². The fourth-order valence-corrected chi connectivity index (χ4v) is 6.44. The Hall–Kier alpha value is -2.73. The quantitative estimate of drug-likeness (QED) is 0.176. The van der Waals surface area contributed by atoms with E-state index in [0.29, 0.717) is 18.5 Å². The smallest absolute Gasteiger partial charge is 0.211 e. The van der Waals surface area contributed by atoms with Crippen molar-refractivity contribution >= 4 is 36.3 Å². The summed E-state index contributed by atoms with van der Waals surface area (Å²) in [4.78, 5) is 17.5. The highest BCUT2D eigenvalue weighted by molar-refractivity contribution is 7.08. The standard InChI is InChI=1S/C28H40N8OSSi/c1-34(2)12-13-35-19-23(18-30-35)22-16-25-24(29-17-22)10-11-26(31-25)32-28-36(20-37-14-15-39(3,4)5)33-27(38-28)21-8-6-7-9-21/h10-11,16-19,21H,6-9,12-15,20H2,1-5H3. The van der Waals surface area contributed by atoms with Gasteiger partial charge in [0.25, 0.3) is 0 Å². The molecule has 1 aliphatic carbocycles. The first-order valence-corrected chi connectivity index (χ1v) is 18.4. The van der Waals surface area contributed by atoms with Crippen LogP contribution >= 0.6 is 11.3 Å². The Morgan fingerprint density at radius 2 is 1.92 bits per heavy atom. The van der Waals surface area contributed by atoms with Gasteiger partial charge in [-0.15, -0.1) is 0 Å². The molecule has 0 aliphatic heterocycles. The molecule has 0 atom stereocenters. The van der Waals surface area contributed by atoms with Crippen molar-refractivity contribution in [2.45, 2.75) is 70.6 Å². The van der Waals surface area contributed by atoms with Crippen molar-refractivity contribution in [3.05, 3.63) is 46.6 Å². The second-order valence-corrected chi connectivity index (χ2v) is 18.5. The molecule has 1 saturated carbocycles. The molecule has 1 aliphatic rings. The van der Waals surface area contributed by atoms with Crippen LogP contribution in [0.25, 0.3) is 22.2 Å². The van der Waals surface area contributed by atoms with Crippen LogP contribution in [-0.4, -0.2) is 69.7 Å². The van der Waals surface area contributed by atoms with E-state index in [9.17, 15) is 0 Å². The van der Waals surface area contributed by atoms with E-state index in [0.717, 1.165) is 57.7 Å². The van der Waals surface area contributed by atoms with E-state index in [2.05, 4.69) is 61.0 Å². The topological polar surface area (TPSA) is 86.2 Å². The number of nitrogens with zero attached hydrogens (tertiary/aromatic N) is 8. The third-order valence-corrected chi connectivity index (χ3v) is 9.84. The summed E-state index contributed by atoms with van der Waals surface area (Å²) >= 11 is 1.67. The normalized spacial score (nSPS) is 15.3. The summed E-state index contributed by atoms with van der Waals surface area (Å²) in [5.74, 6) is 1.18. The van der Waals surface area contributed by atoms with E-state index in [4.69, 9.17) is 19.8 Å². The Morgan fingerprint density at radius 3 is 2.69 bits per heavy atom. The first-order valence-electron chi connectivity index (χ1n) is 13.9. The number of rotatable bonds is 11. The summed E-state index contributed by atoms with van der Waals surface area (Å²) in [6, 6.07) is 7.12. The van der Waals surface area contributed by atoms with E-state index in [1.807, 2.05) is 33.9 Å². The zero-order valence-electron chi connectivity index (χ0n) is 23.8. The first kappa shape index (κ1) is 27.8. The van der Waals surface area contributed by atoms with E-state index in [1.165, 1.54) is 25.7 Å². The molecule has 0 amide bonds. The average molecular weight is 565 g/mol. The number of aromatic nitrogens is 6. The SMILES string of the molecule is CN(C)CCn1cc(-c2cnc3ccc(N=c4sc(C5CCCC5)nn4COCC[Si](C)(C)C)nc3c2)cn1. The minimum absolute atomic E-state index is 0.420. The highest BCUT2D eigenvalue weighted by Gasteiger charge is 2.22. The van der Waals surface area contributed by atoms with Gasteiger partial charge in [0.05, 0.1) is 23.8 Å². The molecular weight excluding hydrogens is 525 g/mol. The van der Waals surface area contributed by atoms with Gasteiger partial charge in [0, 0.05) is 50.7 Å². The van der Waals surface area contributed by atoms with Gasteiger partial charge in [-0.1, -0.05) is 43.8 Å². The number of fused-ring (bicyclic) bond motifs is 1. The predicted octanol–water partition coefficient (Wildman–Crippen LogP) is 5.52. The van der Waals surface area contributed by atoms with Crippen LogP contribution in [0.2, 0.25) is 25.7 Å². The lowest BCUT2D eigenvalue weighted by atomic mass is 10.1. The van der Waals surface area contributed by atoms with Crippen LogP contribution < -0.4 is 4.80 Å². The molecule has 39 heavy (non-hydrogen) atoms. The summed E-state index contributed by atoms with van der Waals surface area (Å²) in [5.41, 5.74) is 3.68. The summed E-state index contributed by atoms with van der Waals surface area (Å²) in [7, 11) is 2.98. The second kappa shape index (κ2) is 12.2. The maximum absolute atomic E-state index is 6.06. The molecule has 0 bridgehead atoms. The van der Waals surface area contributed by atoms with Crippen LogP contribution in [0.4, 0.5) is 5.82 Å². The molecule has 0 N–H and O–H groups in total. The maximum Gasteiger partial charge on any atom is 0.211 e. The van der Waals surface area contributed by atoms with Crippen LogP contribution in [0.3, 0.4) is 0 Å². The second-order valence-electron chi connectivity index (χ2n) is 11.9. The Bertz CT molecular complexity index is 1460. The molecule has 208 valence electrons. The van der Waals surface area contributed by atoms with E-state index >= 15 is 0 Å². The van der Waals surface area contributed by atoms with Crippen LogP contribution in [0.1, 0.15) is 36.6 Å². The lowest BCUT2D eigenvalue weighted by Gasteiger charge is -2.15. The minimum Gasteiger partial charge on any atom is -0.359 e. The molecule has 0 aromatic carbocycles. The zero-order chi connectivity index (χ0) is 27.4. The molecule has 4 aromatic rings. The molecule has 9 nitrogen and oxygen atoms in total. The zero-order valence-corrected chi connectivity index (χ0v) is 25.6. The minimum atomic E-state index is -1.15. The molecule has 1 fully saturated rings. The van der Waals surface area contributed by atoms with Crippen LogP contribution in [0, 0.1) is 0 Å². The van der Waals surface area contributed by atoms with Gasteiger partial charge in [-0.25, -0.2) is 9.67 Å². The van der Waals surface area contributed by atoms with Gasteiger partial charge in [0.15, 0.2) is 5.82 Å².